The lowest BCUT2D eigenvalue weighted by Crippen LogP contribution is -2.30. The van der Waals surface area contributed by atoms with Crippen LogP contribution in [0.15, 0.2) is 40.3 Å². The number of ketones is 1. The SMILES string of the molecule is CCCN1C(=O)C(=O)/C(=C(/O)c2cc(C)ccc2OC)C1c1ccc(C)o1. The minimum absolute atomic E-state index is 0.0201. The van der Waals surface area contributed by atoms with Gasteiger partial charge in [-0.2, -0.15) is 0 Å². The molecule has 0 bridgehead atoms. The lowest BCUT2D eigenvalue weighted by Gasteiger charge is -2.22. The molecule has 1 saturated heterocycles. The summed E-state index contributed by atoms with van der Waals surface area (Å²) in [4.78, 5) is 26.9. The van der Waals surface area contributed by atoms with Gasteiger partial charge in [-0.1, -0.05) is 18.6 Å². The number of hydrogen-bond acceptors (Lipinski definition) is 5. The monoisotopic (exact) mass is 369 g/mol. The molecule has 6 nitrogen and oxygen atoms in total. The predicted molar refractivity (Wildman–Crippen MR) is 100 cm³/mol. The van der Waals surface area contributed by atoms with Gasteiger partial charge in [0.2, 0.25) is 0 Å². The van der Waals surface area contributed by atoms with Crippen LogP contribution in [0.2, 0.25) is 0 Å². The van der Waals surface area contributed by atoms with E-state index in [1.165, 1.54) is 12.0 Å². The van der Waals surface area contributed by atoms with Gasteiger partial charge in [0, 0.05) is 6.54 Å². The largest absolute Gasteiger partial charge is 0.507 e. The first-order valence-electron chi connectivity index (χ1n) is 8.88. The number of aliphatic hydroxyl groups excluding tert-OH is 1. The van der Waals surface area contributed by atoms with Crippen LogP contribution in [-0.4, -0.2) is 35.4 Å². The van der Waals surface area contributed by atoms with Crippen molar-refractivity contribution < 1.29 is 23.8 Å². The summed E-state index contributed by atoms with van der Waals surface area (Å²) >= 11 is 0. The Kier molecular flexibility index (Phi) is 5.08. The second-order valence-electron chi connectivity index (χ2n) is 6.64. The number of aryl methyl sites for hydroxylation is 2. The number of carbonyl (C=O) groups is 2. The first kappa shape index (κ1) is 18.8. The topological polar surface area (TPSA) is 80.0 Å². The number of methoxy groups -OCH3 is 1. The number of benzene rings is 1. The third kappa shape index (κ3) is 3.23. The molecule has 142 valence electrons. The highest BCUT2D eigenvalue weighted by Gasteiger charge is 2.47. The molecule has 27 heavy (non-hydrogen) atoms. The lowest BCUT2D eigenvalue weighted by atomic mass is 9.98. The number of rotatable bonds is 5. The van der Waals surface area contributed by atoms with Crippen molar-refractivity contribution >= 4 is 17.4 Å². The number of amides is 1. The van der Waals surface area contributed by atoms with Crippen LogP contribution in [-0.2, 0) is 9.59 Å². The van der Waals surface area contributed by atoms with Crippen molar-refractivity contribution in [2.24, 2.45) is 0 Å². The van der Waals surface area contributed by atoms with Gasteiger partial charge < -0.3 is 19.2 Å². The molecular weight excluding hydrogens is 346 g/mol. The molecule has 2 aromatic rings. The number of aliphatic hydroxyl groups is 1. The molecule has 6 heteroatoms. The molecule has 0 radical (unpaired) electrons. The van der Waals surface area contributed by atoms with E-state index in [4.69, 9.17) is 9.15 Å². The Morgan fingerprint density at radius 1 is 1.22 bits per heavy atom. The van der Waals surface area contributed by atoms with E-state index >= 15 is 0 Å². The zero-order valence-electron chi connectivity index (χ0n) is 15.9. The second-order valence-corrected chi connectivity index (χ2v) is 6.64. The van der Waals surface area contributed by atoms with Gasteiger partial charge in [-0.15, -0.1) is 0 Å². The molecule has 1 aromatic heterocycles. The van der Waals surface area contributed by atoms with Gasteiger partial charge in [-0.05, 0) is 44.5 Å². The predicted octanol–water partition coefficient (Wildman–Crippen LogP) is 3.74. The van der Waals surface area contributed by atoms with Crippen LogP contribution >= 0.6 is 0 Å². The van der Waals surface area contributed by atoms with Crippen molar-refractivity contribution in [1.29, 1.82) is 0 Å². The smallest absolute Gasteiger partial charge is 0.295 e. The highest BCUT2D eigenvalue weighted by molar-refractivity contribution is 6.46. The molecule has 1 aliphatic heterocycles. The van der Waals surface area contributed by atoms with Crippen LogP contribution in [0.3, 0.4) is 0 Å². The second kappa shape index (κ2) is 7.31. The maximum absolute atomic E-state index is 12.8. The highest BCUT2D eigenvalue weighted by atomic mass is 16.5. The third-order valence-corrected chi connectivity index (χ3v) is 4.65. The summed E-state index contributed by atoms with van der Waals surface area (Å²) in [5, 5.41) is 11.0. The van der Waals surface area contributed by atoms with Gasteiger partial charge in [0.05, 0.1) is 18.2 Å². The summed E-state index contributed by atoms with van der Waals surface area (Å²) in [6.07, 6.45) is 0.678. The summed E-state index contributed by atoms with van der Waals surface area (Å²) in [7, 11) is 1.49. The van der Waals surface area contributed by atoms with Crippen LogP contribution in [0.1, 0.15) is 42.0 Å². The molecule has 1 N–H and O–H groups in total. The Labute approximate surface area is 158 Å². The Morgan fingerprint density at radius 2 is 1.96 bits per heavy atom. The van der Waals surface area contributed by atoms with Crippen molar-refractivity contribution in [2.45, 2.75) is 33.2 Å². The first-order chi connectivity index (χ1) is 12.9. The van der Waals surface area contributed by atoms with Gasteiger partial charge in [-0.3, -0.25) is 9.59 Å². The summed E-state index contributed by atoms with van der Waals surface area (Å²) < 4.78 is 11.0. The molecule has 0 spiro atoms. The molecular formula is C21H23NO5. The molecule has 1 atom stereocenters. The van der Waals surface area contributed by atoms with E-state index in [0.29, 0.717) is 35.8 Å². The quantitative estimate of drug-likeness (QED) is 0.493. The van der Waals surface area contributed by atoms with Gasteiger partial charge >= 0.3 is 0 Å². The normalized spacial score (nSPS) is 19.0. The Bertz CT molecular complexity index is 924. The summed E-state index contributed by atoms with van der Waals surface area (Å²) in [6, 6.07) is 8.04. The number of furan rings is 1. The fourth-order valence-corrected chi connectivity index (χ4v) is 3.40. The fraction of sp³-hybridized carbons (Fsp3) is 0.333. The number of ether oxygens (including phenoxy) is 1. The third-order valence-electron chi connectivity index (χ3n) is 4.65. The van der Waals surface area contributed by atoms with Crippen LogP contribution in [0.25, 0.3) is 5.76 Å². The molecule has 1 fully saturated rings. The Morgan fingerprint density at radius 3 is 2.56 bits per heavy atom. The number of nitrogens with zero attached hydrogens (tertiary/aromatic N) is 1. The minimum atomic E-state index is -0.760. The van der Waals surface area contributed by atoms with E-state index in [1.54, 1.807) is 31.2 Å². The van der Waals surface area contributed by atoms with E-state index in [0.717, 1.165) is 5.56 Å². The summed E-state index contributed by atoms with van der Waals surface area (Å²) in [5.74, 6) is -0.0677. The van der Waals surface area contributed by atoms with E-state index in [2.05, 4.69) is 0 Å². The maximum atomic E-state index is 12.8. The van der Waals surface area contributed by atoms with Crippen LogP contribution in [0.5, 0.6) is 5.75 Å². The van der Waals surface area contributed by atoms with Crippen molar-refractivity contribution in [1.82, 2.24) is 4.90 Å². The zero-order chi connectivity index (χ0) is 19.7. The zero-order valence-corrected chi connectivity index (χ0v) is 15.9. The van der Waals surface area contributed by atoms with E-state index in [9.17, 15) is 14.7 Å². The minimum Gasteiger partial charge on any atom is -0.507 e. The molecule has 1 aromatic carbocycles. The van der Waals surface area contributed by atoms with Gasteiger partial charge in [0.15, 0.2) is 0 Å². The Balaban J connectivity index is 2.24. The summed E-state index contributed by atoms with van der Waals surface area (Å²) in [6.45, 7) is 5.97. The van der Waals surface area contributed by atoms with Crippen LogP contribution < -0.4 is 4.74 Å². The molecule has 1 amide bonds. The van der Waals surface area contributed by atoms with Crippen LogP contribution in [0, 0.1) is 13.8 Å². The van der Waals surface area contributed by atoms with Gasteiger partial charge in [-0.25, -0.2) is 0 Å². The number of likely N-dealkylation sites (tertiary alicyclic amines) is 1. The molecule has 1 unspecified atom stereocenters. The fourth-order valence-electron chi connectivity index (χ4n) is 3.40. The highest BCUT2D eigenvalue weighted by Crippen LogP contribution is 2.41. The standard InChI is InChI=1S/C21H23NO5/c1-5-10-22-18(16-9-7-13(3)27-16)17(20(24)21(22)25)19(23)14-11-12(2)6-8-15(14)26-4/h6-9,11,18,23H,5,10H2,1-4H3/b19-17+. The summed E-state index contributed by atoms with van der Waals surface area (Å²) in [5.41, 5.74) is 1.29. The van der Waals surface area contributed by atoms with E-state index in [1.807, 2.05) is 19.9 Å². The van der Waals surface area contributed by atoms with Crippen molar-refractivity contribution in [3.05, 3.63) is 58.6 Å². The molecule has 1 aliphatic rings. The van der Waals surface area contributed by atoms with Crippen molar-refractivity contribution in [3.8, 4) is 5.75 Å². The average Bonchev–Trinajstić information content (AvgIpc) is 3.18. The Hall–Kier alpha value is -3.02. The molecule has 2 heterocycles. The molecule has 0 saturated carbocycles. The number of hydrogen-bond donors (Lipinski definition) is 1. The molecule has 0 aliphatic carbocycles. The molecule has 3 rings (SSSR count). The van der Waals surface area contributed by atoms with Crippen LogP contribution in [0.4, 0.5) is 0 Å². The average molecular weight is 369 g/mol. The van der Waals surface area contributed by atoms with Crippen molar-refractivity contribution in [3.63, 3.8) is 0 Å². The number of carbonyl (C=O) groups excluding carboxylic acids is 2. The van der Waals surface area contributed by atoms with Gasteiger partial charge in [0.25, 0.3) is 11.7 Å². The van der Waals surface area contributed by atoms with E-state index in [-0.39, 0.29) is 11.3 Å². The maximum Gasteiger partial charge on any atom is 0.295 e. The van der Waals surface area contributed by atoms with Gasteiger partial charge in [0.1, 0.15) is 29.1 Å². The lowest BCUT2D eigenvalue weighted by molar-refractivity contribution is -0.140. The number of Topliss-reactive ketones (excluding diaryl/α,β-unsaturated/α-hetero) is 1. The van der Waals surface area contributed by atoms with E-state index < -0.39 is 17.7 Å². The van der Waals surface area contributed by atoms with Crippen molar-refractivity contribution in [2.75, 3.05) is 13.7 Å². The first-order valence-corrected chi connectivity index (χ1v) is 8.88.